The Morgan fingerprint density at radius 1 is 1.50 bits per heavy atom. The van der Waals surface area contributed by atoms with Gasteiger partial charge in [-0.15, -0.1) is 0 Å². The van der Waals surface area contributed by atoms with Crippen molar-refractivity contribution in [1.82, 2.24) is 10.6 Å². The van der Waals surface area contributed by atoms with Crippen LogP contribution in [0.2, 0.25) is 0 Å². The summed E-state index contributed by atoms with van der Waals surface area (Å²) in [5.74, 6) is 0.165. The highest BCUT2D eigenvalue weighted by molar-refractivity contribution is 5.77. The SMILES string of the molecule is O=C(CC1COCCN1)NC1CCC1. The lowest BCUT2D eigenvalue weighted by Crippen LogP contribution is -2.46. The highest BCUT2D eigenvalue weighted by Crippen LogP contribution is 2.18. The number of carbonyl (C=O) groups excluding carboxylic acids is 1. The molecule has 2 rings (SSSR count). The Morgan fingerprint density at radius 2 is 2.36 bits per heavy atom. The van der Waals surface area contributed by atoms with E-state index in [9.17, 15) is 4.79 Å². The Bertz CT molecular complexity index is 198. The summed E-state index contributed by atoms with van der Waals surface area (Å²) in [6, 6.07) is 0.663. The molecule has 0 radical (unpaired) electrons. The topological polar surface area (TPSA) is 50.4 Å². The van der Waals surface area contributed by atoms with E-state index < -0.39 is 0 Å². The smallest absolute Gasteiger partial charge is 0.221 e. The molecule has 80 valence electrons. The second kappa shape index (κ2) is 4.75. The average Bonchev–Trinajstić information content (AvgIpc) is 2.13. The summed E-state index contributed by atoms with van der Waals surface area (Å²) in [6.07, 6.45) is 4.12. The first-order valence-electron chi connectivity index (χ1n) is 5.45. The predicted molar refractivity (Wildman–Crippen MR) is 53.0 cm³/mol. The summed E-state index contributed by atoms with van der Waals surface area (Å²) < 4.78 is 5.29. The quantitative estimate of drug-likeness (QED) is 0.673. The molecule has 2 aliphatic rings. The fraction of sp³-hybridized carbons (Fsp3) is 0.900. The van der Waals surface area contributed by atoms with Gasteiger partial charge in [-0.3, -0.25) is 4.79 Å². The van der Waals surface area contributed by atoms with Gasteiger partial charge in [0.2, 0.25) is 5.91 Å². The predicted octanol–water partition coefficient (Wildman–Crippen LogP) is 0.0336. The van der Waals surface area contributed by atoms with Crippen LogP contribution in [0.15, 0.2) is 0 Å². The second-order valence-corrected chi connectivity index (χ2v) is 4.13. The second-order valence-electron chi connectivity index (χ2n) is 4.13. The van der Waals surface area contributed by atoms with Gasteiger partial charge in [-0.05, 0) is 19.3 Å². The molecule has 2 fully saturated rings. The van der Waals surface area contributed by atoms with E-state index in [0.29, 0.717) is 19.1 Å². The van der Waals surface area contributed by atoms with E-state index in [-0.39, 0.29) is 11.9 Å². The number of hydrogen-bond acceptors (Lipinski definition) is 3. The van der Waals surface area contributed by atoms with Crippen LogP contribution in [0.5, 0.6) is 0 Å². The Labute approximate surface area is 84.4 Å². The number of rotatable bonds is 3. The fourth-order valence-corrected chi connectivity index (χ4v) is 1.81. The molecule has 1 atom stereocenters. The monoisotopic (exact) mass is 198 g/mol. The van der Waals surface area contributed by atoms with Gasteiger partial charge >= 0.3 is 0 Å². The minimum atomic E-state index is 0.165. The van der Waals surface area contributed by atoms with Crippen LogP contribution in [0.4, 0.5) is 0 Å². The number of morpholine rings is 1. The molecule has 0 spiro atoms. The third-order valence-electron chi connectivity index (χ3n) is 2.90. The van der Waals surface area contributed by atoms with Crippen molar-refractivity contribution < 1.29 is 9.53 Å². The normalized spacial score (nSPS) is 28.1. The summed E-state index contributed by atoms with van der Waals surface area (Å²) in [5.41, 5.74) is 0. The van der Waals surface area contributed by atoms with Crippen LogP contribution in [0.3, 0.4) is 0 Å². The maximum Gasteiger partial charge on any atom is 0.221 e. The molecule has 1 heterocycles. The molecule has 1 saturated heterocycles. The fourth-order valence-electron chi connectivity index (χ4n) is 1.81. The van der Waals surface area contributed by atoms with Crippen LogP contribution in [0, 0.1) is 0 Å². The van der Waals surface area contributed by atoms with Crippen LogP contribution < -0.4 is 10.6 Å². The zero-order valence-corrected chi connectivity index (χ0v) is 8.42. The molecule has 1 aliphatic carbocycles. The number of ether oxygens (including phenoxy) is 1. The Balaban J connectivity index is 1.64. The molecule has 14 heavy (non-hydrogen) atoms. The van der Waals surface area contributed by atoms with E-state index in [1.165, 1.54) is 6.42 Å². The molecule has 1 unspecified atom stereocenters. The molecule has 4 nitrogen and oxygen atoms in total. The zero-order chi connectivity index (χ0) is 9.80. The molecule has 2 N–H and O–H groups in total. The molecule has 1 amide bonds. The molecule has 1 saturated carbocycles. The minimum Gasteiger partial charge on any atom is -0.378 e. The molecule has 0 aromatic carbocycles. The molecular weight excluding hydrogens is 180 g/mol. The largest absolute Gasteiger partial charge is 0.378 e. The first-order chi connectivity index (χ1) is 6.84. The third-order valence-corrected chi connectivity index (χ3v) is 2.90. The molecule has 0 aromatic heterocycles. The van der Waals surface area contributed by atoms with Gasteiger partial charge in [-0.25, -0.2) is 0 Å². The molecular formula is C10H18N2O2. The summed E-state index contributed by atoms with van der Waals surface area (Å²) >= 11 is 0. The lowest BCUT2D eigenvalue weighted by atomic mass is 9.93. The maximum absolute atomic E-state index is 11.5. The standard InChI is InChI=1S/C10H18N2O2/c13-10(12-8-2-1-3-8)6-9-7-14-5-4-11-9/h8-9,11H,1-7H2,(H,12,13). The Kier molecular flexibility index (Phi) is 3.37. The van der Waals surface area contributed by atoms with Crippen molar-refractivity contribution in [2.24, 2.45) is 0 Å². The highest BCUT2D eigenvalue weighted by Gasteiger charge is 2.22. The van der Waals surface area contributed by atoms with Crippen molar-refractivity contribution in [2.45, 2.75) is 37.8 Å². The number of amides is 1. The average molecular weight is 198 g/mol. The summed E-state index contributed by atoms with van der Waals surface area (Å²) in [7, 11) is 0. The highest BCUT2D eigenvalue weighted by atomic mass is 16.5. The Morgan fingerprint density at radius 3 is 2.93 bits per heavy atom. The molecule has 1 aliphatic heterocycles. The van der Waals surface area contributed by atoms with Crippen molar-refractivity contribution in [2.75, 3.05) is 19.8 Å². The molecule has 0 bridgehead atoms. The van der Waals surface area contributed by atoms with Gasteiger partial charge in [0.15, 0.2) is 0 Å². The van der Waals surface area contributed by atoms with Crippen LogP contribution in [0.1, 0.15) is 25.7 Å². The van der Waals surface area contributed by atoms with E-state index in [2.05, 4.69) is 10.6 Å². The summed E-state index contributed by atoms with van der Waals surface area (Å²) in [4.78, 5) is 11.5. The lowest BCUT2D eigenvalue weighted by molar-refractivity contribution is -0.123. The van der Waals surface area contributed by atoms with Crippen molar-refractivity contribution in [3.8, 4) is 0 Å². The van der Waals surface area contributed by atoms with Gasteiger partial charge < -0.3 is 15.4 Å². The van der Waals surface area contributed by atoms with Crippen molar-refractivity contribution in [3.63, 3.8) is 0 Å². The number of carbonyl (C=O) groups is 1. The van der Waals surface area contributed by atoms with Crippen LogP contribution in [-0.2, 0) is 9.53 Å². The first kappa shape index (κ1) is 9.93. The summed E-state index contributed by atoms with van der Waals surface area (Å²) in [6.45, 7) is 2.29. The van der Waals surface area contributed by atoms with Crippen LogP contribution in [0.25, 0.3) is 0 Å². The Hall–Kier alpha value is -0.610. The maximum atomic E-state index is 11.5. The summed E-state index contributed by atoms with van der Waals surface area (Å²) in [5, 5.41) is 6.30. The first-order valence-corrected chi connectivity index (χ1v) is 5.45. The number of hydrogen-bond donors (Lipinski definition) is 2. The van der Waals surface area contributed by atoms with E-state index >= 15 is 0 Å². The van der Waals surface area contributed by atoms with E-state index in [0.717, 1.165) is 26.0 Å². The third kappa shape index (κ3) is 2.69. The van der Waals surface area contributed by atoms with E-state index in [1.54, 1.807) is 0 Å². The molecule has 0 aromatic rings. The van der Waals surface area contributed by atoms with E-state index in [1.807, 2.05) is 0 Å². The van der Waals surface area contributed by atoms with Crippen molar-refractivity contribution >= 4 is 5.91 Å². The van der Waals surface area contributed by atoms with Crippen LogP contribution >= 0.6 is 0 Å². The van der Waals surface area contributed by atoms with Gasteiger partial charge in [0.25, 0.3) is 0 Å². The van der Waals surface area contributed by atoms with Crippen LogP contribution in [-0.4, -0.2) is 37.7 Å². The molecule has 4 heteroatoms. The van der Waals surface area contributed by atoms with Gasteiger partial charge in [0.05, 0.1) is 13.2 Å². The van der Waals surface area contributed by atoms with Gasteiger partial charge in [0, 0.05) is 25.0 Å². The van der Waals surface area contributed by atoms with E-state index in [4.69, 9.17) is 4.74 Å². The van der Waals surface area contributed by atoms with Crippen molar-refractivity contribution in [3.05, 3.63) is 0 Å². The lowest BCUT2D eigenvalue weighted by Gasteiger charge is -2.28. The minimum absolute atomic E-state index is 0.165. The number of nitrogens with one attached hydrogen (secondary N) is 2. The van der Waals surface area contributed by atoms with Gasteiger partial charge in [0.1, 0.15) is 0 Å². The zero-order valence-electron chi connectivity index (χ0n) is 8.42. The van der Waals surface area contributed by atoms with Crippen molar-refractivity contribution in [1.29, 1.82) is 0 Å². The van der Waals surface area contributed by atoms with Gasteiger partial charge in [-0.2, -0.15) is 0 Å². The van der Waals surface area contributed by atoms with Gasteiger partial charge in [-0.1, -0.05) is 0 Å².